The number of H-pyrrole nitrogens is 1. The Kier molecular flexibility index (Phi) is 4.94. The van der Waals surface area contributed by atoms with E-state index in [1.165, 1.54) is 6.33 Å². The number of hydrogen-bond acceptors (Lipinski definition) is 5. The van der Waals surface area contributed by atoms with Crippen LogP contribution in [-0.4, -0.2) is 43.2 Å². The molecule has 1 aliphatic heterocycles. The molecular weight excluding hydrogens is 409 g/mol. The van der Waals surface area contributed by atoms with Crippen LogP contribution in [0.5, 0.6) is 0 Å². The van der Waals surface area contributed by atoms with Crippen molar-refractivity contribution in [2.24, 2.45) is 0 Å². The third kappa shape index (κ3) is 3.79. The zero-order chi connectivity index (χ0) is 21.6. The monoisotopic (exact) mass is 432 g/mol. The van der Waals surface area contributed by atoms with Gasteiger partial charge in [-0.2, -0.15) is 18.3 Å². The molecule has 1 aliphatic carbocycles. The molecule has 31 heavy (non-hydrogen) atoms. The first-order valence-corrected chi connectivity index (χ1v) is 10.6. The largest absolute Gasteiger partial charge is 0.389 e. The molecule has 0 radical (unpaired) electrons. The molecule has 10 heteroatoms. The van der Waals surface area contributed by atoms with Gasteiger partial charge in [0, 0.05) is 49.8 Å². The molecule has 2 aliphatic rings. The van der Waals surface area contributed by atoms with Crippen LogP contribution in [-0.2, 0) is 13.0 Å². The lowest BCUT2D eigenvalue weighted by Gasteiger charge is -2.32. The highest BCUT2D eigenvalue weighted by atomic mass is 19.4. The van der Waals surface area contributed by atoms with Crippen LogP contribution in [0.1, 0.15) is 66.3 Å². The summed E-state index contributed by atoms with van der Waals surface area (Å²) in [6.45, 7) is 1.18. The van der Waals surface area contributed by atoms with Gasteiger partial charge in [0.25, 0.3) is 0 Å². The van der Waals surface area contributed by atoms with Gasteiger partial charge in [-0.3, -0.25) is 9.48 Å². The van der Waals surface area contributed by atoms with E-state index < -0.39 is 12.6 Å². The summed E-state index contributed by atoms with van der Waals surface area (Å²) in [5.74, 6) is 0.471. The molecule has 1 fully saturated rings. The minimum Gasteiger partial charge on any atom is -0.351 e. The standard InChI is InChI=1S/C21H23F3N6O/c22-21(23,24)8-2-5-17(31)18-15-11-29(20-14-6-9-25-19(14)26-12-27-20)10-7-16(15)30(28-18)13-3-1-4-13/h6,9,12-13H,1-5,7-8,10-11H2,(H,25,26,27). The number of aromatic amines is 1. The summed E-state index contributed by atoms with van der Waals surface area (Å²) >= 11 is 0. The molecular formula is C21H23F3N6O. The number of hydrogen-bond donors (Lipinski definition) is 1. The fraction of sp³-hybridized carbons (Fsp3) is 0.524. The molecule has 0 bridgehead atoms. The predicted molar refractivity (Wildman–Crippen MR) is 108 cm³/mol. The Balaban J connectivity index is 1.44. The molecule has 3 aromatic heterocycles. The fourth-order valence-corrected chi connectivity index (χ4v) is 4.46. The van der Waals surface area contributed by atoms with Gasteiger partial charge in [-0.25, -0.2) is 9.97 Å². The number of ketones is 1. The number of Topliss-reactive ketones (excluding diaryl/α,β-unsaturated/α-hetero) is 1. The van der Waals surface area contributed by atoms with Crippen molar-refractivity contribution >= 4 is 22.6 Å². The van der Waals surface area contributed by atoms with E-state index in [0.29, 0.717) is 18.7 Å². The average molecular weight is 432 g/mol. The summed E-state index contributed by atoms with van der Waals surface area (Å²) in [7, 11) is 0. The molecule has 1 N–H and O–H groups in total. The number of nitrogens with one attached hydrogen (secondary N) is 1. The third-order valence-corrected chi connectivity index (χ3v) is 6.27. The maximum atomic E-state index is 12.9. The van der Waals surface area contributed by atoms with Crippen LogP contribution in [0.2, 0.25) is 0 Å². The van der Waals surface area contributed by atoms with Crippen LogP contribution in [0.25, 0.3) is 11.0 Å². The second-order valence-corrected chi connectivity index (χ2v) is 8.30. The van der Waals surface area contributed by atoms with E-state index in [-0.39, 0.29) is 24.7 Å². The summed E-state index contributed by atoms with van der Waals surface area (Å²) in [6, 6.07) is 2.20. The van der Waals surface area contributed by atoms with Crippen molar-refractivity contribution in [2.45, 2.75) is 63.7 Å². The molecule has 4 heterocycles. The quantitative estimate of drug-likeness (QED) is 0.586. The molecule has 0 amide bonds. The second kappa shape index (κ2) is 7.65. The van der Waals surface area contributed by atoms with E-state index in [1.807, 2.05) is 16.9 Å². The van der Waals surface area contributed by atoms with Crippen LogP contribution in [0.4, 0.5) is 19.0 Å². The van der Waals surface area contributed by atoms with Crippen LogP contribution in [0.15, 0.2) is 18.6 Å². The summed E-state index contributed by atoms with van der Waals surface area (Å²) in [4.78, 5) is 26.7. The first-order chi connectivity index (χ1) is 14.9. The minimum atomic E-state index is -4.25. The Morgan fingerprint density at radius 1 is 1.26 bits per heavy atom. The Morgan fingerprint density at radius 2 is 2.10 bits per heavy atom. The predicted octanol–water partition coefficient (Wildman–Crippen LogP) is 4.36. The number of alkyl halides is 3. The van der Waals surface area contributed by atoms with Gasteiger partial charge in [-0.1, -0.05) is 0 Å². The molecule has 0 saturated heterocycles. The van der Waals surface area contributed by atoms with Crippen LogP contribution in [0.3, 0.4) is 0 Å². The Hall–Kier alpha value is -2.91. The van der Waals surface area contributed by atoms with E-state index in [1.54, 1.807) is 0 Å². The van der Waals surface area contributed by atoms with Gasteiger partial charge in [0.2, 0.25) is 0 Å². The van der Waals surface area contributed by atoms with Gasteiger partial charge in [-0.05, 0) is 31.7 Å². The second-order valence-electron chi connectivity index (χ2n) is 8.30. The molecule has 0 atom stereocenters. The van der Waals surface area contributed by atoms with Crippen LogP contribution >= 0.6 is 0 Å². The molecule has 1 saturated carbocycles. The fourth-order valence-electron chi connectivity index (χ4n) is 4.46. The molecule has 164 valence electrons. The van der Waals surface area contributed by atoms with Crippen molar-refractivity contribution in [1.82, 2.24) is 24.7 Å². The number of nitrogens with zero attached hydrogens (tertiary/aromatic N) is 5. The summed E-state index contributed by atoms with van der Waals surface area (Å²) < 4.78 is 39.6. The zero-order valence-corrected chi connectivity index (χ0v) is 17.0. The van der Waals surface area contributed by atoms with Crippen molar-refractivity contribution in [3.63, 3.8) is 0 Å². The van der Waals surface area contributed by atoms with E-state index in [9.17, 15) is 18.0 Å². The van der Waals surface area contributed by atoms with Crippen molar-refractivity contribution in [1.29, 1.82) is 0 Å². The van der Waals surface area contributed by atoms with Crippen LogP contribution in [0, 0.1) is 0 Å². The minimum absolute atomic E-state index is 0.150. The SMILES string of the molecule is O=C(CCCC(F)(F)F)c1nn(C2CCC2)c2c1CN(c1ncnc3[nH]ccc13)CC2. The first kappa shape index (κ1) is 20.0. The molecule has 0 spiro atoms. The summed E-state index contributed by atoms with van der Waals surface area (Å²) in [6.07, 6.45) is 1.63. The number of carbonyl (C=O) groups excluding carboxylic acids is 1. The van der Waals surface area contributed by atoms with Crippen molar-refractivity contribution in [3.05, 3.63) is 35.5 Å². The smallest absolute Gasteiger partial charge is 0.351 e. The number of carbonyl (C=O) groups is 1. The molecule has 3 aromatic rings. The van der Waals surface area contributed by atoms with E-state index >= 15 is 0 Å². The van der Waals surface area contributed by atoms with Gasteiger partial charge in [0.15, 0.2) is 5.78 Å². The lowest BCUT2D eigenvalue weighted by Crippen LogP contribution is -2.33. The number of rotatable bonds is 6. The topological polar surface area (TPSA) is 79.7 Å². The number of fused-ring (bicyclic) bond motifs is 2. The Labute approximate surface area is 176 Å². The summed E-state index contributed by atoms with van der Waals surface area (Å²) in [5, 5.41) is 5.53. The highest BCUT2D eigenvalue weighted by Gasteiger charge is 2.33. The maximum Gasteiger partial charge on any atom is 0.389 e. The lowest BCUT2D eigenvalue weighted by molar-refractivity contribution is -0.135. The van der Waals surface area contributed by atoms with Crippen molar-refractivity contribution in [3.8, 4) is 0 Å². The van der Waals surface area contributed by atoms with E-state index in [4.69, 9.17) is 0 Å². The normalized spacial score (nSPS) is 17.1. The summed E-state index contributed by atoms with van der Waals surface area (Å²) in [5.41, 5.74) is 2.94. The average Bonchev–Trinajstić information content (AvgIpc) is 3.30. The Bertz CT molecular complexity index is 1110. The third-order valence-electron chi connectivity index (χ3n) is 6.27. The number of anilines is 1. The highest BCUT2D eigenvalue weighted by molar-refractivity contribution is 5.96. The number of aromatic nitrogens is 5. The molecule has 7 nitrogen and oxygen atoms in total. The molecule has 5 rings (SSSR count). The lowest BCUT2D eigenvalue weighted by atomic mass is 9.92. The molecule has 0 aromatic carbocycles. The van der Waals surface area contributed by atoms with E-state index in [0.717, 1.165) is 53.9 Å². The zero-order valence-electron chi connectivity index (χ0n) is 17.0. The van der Waals surface area contributed by atoms with Gasteiger partial charge in [-0.15, -0.1) is 0 Å². The van der Waals surface area contributed by atoms with E-state index in [2.05, 4.69) is 25.0 Å². The highest BCUT2D eigenvalue weighted by Crippen LogP contribution is 2.37. The first-order valence-electron chi connectivity index (χ1n) is 10.6. The Morgan fingerprint density at radius 3 is 2.84 bits per heavy atom. The van der Waals surface area contributed by atoms with Gasteiger partial charge < -0.3 is 9.88 Å². The van der Waals surface area contributed by atoms with Crippen molar-refractivity contribution in [2.75, 3.05) is 11.4 Å². The van der Waals surface area contributed by atoms with Gasteiger partial charge in [0.1, 0.15) is 23.5 Å². The van der Waals surface area contributed by atoms with Gasteiger partial charge >= 0.3 is 6.18 Å². The molecule has 0 unspecified atom stereocenters. The van der Waals surface area contributed by atoms with Crippen molar-refractivity contribution < 1.29 is 18.0 Å². The maximum absolute atomic E-state index is 12.9. The number of halogens is 3. The van der Waals surface area contributed by atoms with Gasteiger partial charge in [0.05, 0.1) is 11.4 Å². The van der Waals surface area contributed by atoms with Crippen LogP contribution < -0.4 is 4.90 Å².